The van der Waals surface area contributed by atoms with Gasteiger partial charge in [-0.15, -0.1) is 0 Å². The van der Waals surface area contributed by atoms with E-state index in [9.17, 15) is 0 Å². The minimum Gasteiger partial charge on any atom is -0.330 e. The summed E-state index contributed by atoms with van der Waals surface area (Å²) < 4.78 is 0. The first-order chi connectivity index (χ1) is 7.88. The molecule has 2 nitrogen and oxygen atoms in total. The van der Waals surface area contributed by atoms with Crippen LogP contribution in [0.5, 0.6) is 0 Å². The van der Waals surface area contributed by atoms with Crippen molar-refractivity contribution >= 4 is 0 Å². The molecule has 1 saturated heterocycles. The van der Waals surface area contributed by atoms with E-state index in [1.54, 1.807) is 0 Å². The lowest BCUT2D eigenvalue weighted by Crippen LogP contribution is -2.39. The smallest absolute Gasteiger partial charge is 0.00219 e. The molecule has 0 spiro atoms. The molecule has 1 heterocycles. The van der Waals surface area contributed by atoms with Crippen molar-refractivity contribution in [2.24, 2.45) is 11.7 Å². The van der Waals surface area contributed by atoms with Gasteiger partial charge < -0.3 is 10.6 Å². The summed E-state index contributed by atoms with van der Waals surface area (Å²) >= 11 is 0. The molecule has 1 atom stereocenters. The molecular formula is C14H22N2. The first kappa shape index (κ1) is 11.6. The Balaban J connectivity index is 1.77. The van der Waals surface area contributed by atoms with E-state index in [1.807, 2.05) is 0 Å². The maximum atomic E-state index is 5.75. The average Bonchev–Trinajstić information content (AvgIpc) is 2.38. The Kier molecular flexibility index (Phi) is 4.37. The molecule has 2 heteroatoms. The van der Waals surface area contributed by atoms with Crippen LogP contribution < -0.4 is 5.73 Å². The first-order valence-electron chi connectivity index (χ1n) is 6.35. The fourth-order valence-electron chi connectivity index (χ4n) is 2.48. The third-order valence-electron chi connectivity index (χ3n) is 3.50. The molecule has 2 N–H and O–H groups in total. The molecule has 0 saturated carbocycles. The molecule has 0 radical (unpaired) electrons. The van der Waals surface area contributed by atoms with Gasteiger partial charge in [0.2, 0.25) is 0 Å². The Morgan fingerprint density at radius 1 is 1.25 bits per heavy atom. The van der Waals surface area contributed by atoms with E-state index in [4.69, 9.17) is 5.73 Å². The fraction of sp³-hybridized carbons (Fsp3) is 0.571. The molecule has 0 bridgehead atoms. The molecule has 0 aliphatic carbocycles. The minimum absolute atomic E-state index is 0.726. The lowest BCUT2D eigenvalue weighted by molar-refractivity contribution is 0.180. The van der Waals surface area contributed by atoms with E-state index in [2.05, 4.69) is 35.2 Å². The van der Waals surface area contributed by atoms with E-state index < -0.39 is 0 Å². The van der Waals surface area contributed by atoms with Crippen LogP contribution in [0.25, 0.3) is 0 Å². The van der Waals surface area contributed by atoms with Crippen LogP contribution in [0.2, 0.25) is 0 Å². The summed E-state index contributed by atoms with van der Waals surface area (Å²) in [4.78, 5) is 2.56. The Bertz CT molecular complexity index is 297. The molecule has 0 amide bonds. The van der Waals surface area contributed by atoms with Gasteiger partial charge in [0.05, 0.1) is 0 Å². The van der Waals surface area contributed by atoms with Crippen LogP contribution in [0.1, 0.15) is 18.4 Å². The Hall–Kier alpha value is -0.860. The van der Waals surface area contributed by atoms with Crippen molar-refractivity contribution in [2.75, 3.05) is 26.2 Å². The Morgan fingerprint density at radius 2 is 2.06 bits per heavy atom. The second-order valence-electron chi connectivity index (χ2n) is 4.78. The molecule has 1 aromatic rings. The maximum absolute atomic E-state index is 5.75. The van der Waals surface area contributed by atoms with Gasteiger partial charge >= 0.3 is 0 Å². The number of hydrogen-bond donors (Lipinski definition) is 1. The summed E-state index contributed by atoms with van der Waals surface area (Å²) in [6.07, 6.45) is 3.80. The van der Waals surface area contributed by atoms with E-state index in [0.717, 1.165) is 18.9 Å². The van der Waals surface area contributed by atoms with Crippen molar-refractivity contribution in [2.45, 2.75) is 19.3 Å². The summed E-state index contributed by atoms with van der Waals surface area (Å²) in [6, 6.07) is 10.7. The molecule has 16 heavy (non-hydrogen) atoms. The molecule has 0 unspecified atom stereocenters. The van der Waals surface area contributed by atoms with Gasteiger partial charge in [-0.05, 0) is 43.8 Å². The monoisotopic (exact) mass is 218 g/mol. The summed E-state index contributed by atoms with van der Waals surface area (Å²) in [6.45, 7) is 4.48. The zero-order valence-electron chi connectivity index (χ0n) is 9.94. The van der Waals surface area contributed by atoms with Gasteiger partial charge in [0.15, 0.2) is 0 Å². The molecule has 88 valence electrons. The molecule has 1 aromatic carbocycles. The Morgan fingerprint density at radius 3 is 2.81 bits per heavy atom. The SMILES string of the molecule is NC[C@H]1CCCN(CCc2ccccc2)C1. The third kappa shape index (κ3) is 3.32. The molecule has 1 aliphatic rings. The van der Waals surface area contributed by atoms with E-state index in [-0.39, 0.29) is 0 Å². The predicted octanol–water partition coefficient (Wildman–Crippen LogP) is 1.90. The van der Waals surface area contributed by atoms with Crippen molar-refractivity contribution in [3.63, 3.8) is 0 Å². The quantitative estimate of drug-likeness (QED) is 0.836. The number of nitrogens with zero attached hydrogens (tertiary/aromatic N) is 1. The van der Waals surface area contributed by atoms with Crippen molar-refractivity contribution in [1.82, 2.24) is 4.90 Å². The van der Waals surface area contributed by atoms with Crippen molar-refractivity contribution in [1.29, 1.82) is 0 Å². The van der Waals surface area contributed by atoms with Crippen LogP contribution in [-0.2, 0) is 6.42 Å². The number of likely N-dealkylation sites (tertiary alicyclic amines) is 1. The number of nitrogens with two attached hydrogens (primary N) is 1. The highest BCUT2D eigenvalue weighted by atomic mass is 15.1. The van der Waals surface area contributed by atoms with Crippen molar-refractivity contribution in [3.05, 3.63) is 35.9 Å². The highest BCUT2D eigenvalue weighted by Crippen LogP contribution is 2.15. The molecular weight excluding hydrogens is 196 g/mol. The number of piperidine rings is 1. The first-order valence-corrected chi connectivity index (χ1v) is 6.35. The maximum Gasteiger partial charge on any atom is 0.00219 e. The van der Waals surface area contributed by atoms with Crippen LogP contribution in [-0.4, -0.2) is 31.1 Å². The van der Waals surface area contributed by atoms with Gasteiger partial charge in [-0.25, -0.2) is 0 Å². The third-order valence-corrected chi connectivity index (χ3v) is 3.50. The standard InChI is InChI=1S/C14H22N2/c15-11-14-7-4-9-16(12-14)10-8-13-5-2-1-3-6-13/h1-3,5-6,14H,4,7-12,15H2/t14-/m1/s1. The van der Waals surface area contributed by atoms with Gasteiger partial charge in [0.25, 0.3) is 0 Å². The van der Waals surface area contributed by atoms with Crippen LogP contribution in [0, 0.1) is 5.92 Å². The van der Waals surface area contributed by atoms with E-state index in [0.29, 0.717) is 0 Å². The summed E-state index contributed by atoms with van der Waals surface area (Å²) in [7, 11) is 0. The number of rotatable bonds is 4. The minimum atomic E-state index is 0.726. The average molecular weight is 218 g/mol. The summed E-state index contributed by atoms with van der Waals surface area (Å²) in [5, 5.41) is 0. The largest absolute Gasteiger partial charge is 0.330 e. The highest BCUT2D eigenvalue weighted by Gasteiger charge is 2.17. The molecule has 0 aromatic heterocycles. The van der Waals surface area contributed by atoms with Crippen LogP contribution >= 0.6 is 0 Å². The highest BCUT2D eigenvalue weighted by molar-refractivity contribution is 5.14. The van der Waals surface area contributed by atoms with E-state index in [1.165, 1.54) is 38.0 Å². The number of benzene rings is 1. The summed E-state index contributed by atoms with van der Waals surface area (Å²) in [5.74, 6) is 0.726. The fourth-order valence-corrected chi connectivity index (χ4v) is 2.48. The zero-order valence-corrected chi connectivity index (χ0v) is 9.94. The molecule has 1 aliphatic heterocycles. The van der Waals surface area contributed by atoms with Crippen LogP contribution in [0.3, 0.4) is 0 Å². The normalized spacial score (nSPS) is 22.2. The molecule has 2 rings (SSSR count). The van der Waals surface area contributed by atoms with Gasteiger partial charge in [0.1, 0.15) is 0 Å². The van der Waals surface area contributed by atoms with Gasteiger partial charge in [-0.3, -0.25) is 0 Å². The summed E-state index contributed by atoms with van der Waals surface area (Å²) in [5.41, 5.74) is 7.19. The zero-order chi connectivity index (χ0) is 11.2. The van der Waals surface area contributed by atoms with Gasteiger partial charge in [0, 0.05) is 13.1 Å². The Labute approximate surface area is 98.4 Å². The van der Waals surface area contributed by atoms with E-state index >= 15 is 0 Å². The van der Waals surface area contributed by atoms with Crippen molar-refractivity contribution < 1.29 is 0 Å². The topological polar surface area (TPSA) is 29.3 Å². The van der Waals surface area contributed by atoms with Crippen LogP contribution in [0.4, 0.5) is 0 Å². The number of hydrogen-bond acceptors (Lipinski definition) is 2. The van der Waals surface area contributed by atoms with Crippen molar-refractivity contribution in [3.8, 4) is 0 Å². The lowest BCUT2D eigenvalue weighted by atomic mass is 9.98. The lowest BCUT2D eigenvalue weighted by Gasteiger charge is -2.32. The predicted molar refractivity (Wildman–Crippen MR) is 68.4 cm³/mol. The second-order valence-corrected chi connectivity index (χ2v) is 4.78. The second kappa shape index (κ2) is 6.02. The molecule has 1 fully saturated rings. The van der Waals surface area contributed by atoms with Gasteiger partial charge in [-0.2, -0.15) is 0 Å². The van der Waals surface area contributed by atoms with Crippen LogP contribution in [0.15, 0.2) is 30.3 Å². The van der Waals surface area contributed by atoms with Gasteiger partial charge in [-0.1, -0.05) is 30.3 Å².